The van der Waals surface area contributed by atoms with Crippen molar-refractivity contribution < 1.29 is 19.1 Å². The summed E-state index contributed by atoms with van der Waals surface area (Å²) in [7, 11) is 0. The molecule has 0 radical (unpaired) electrons. The Morgan fingerprint density at radius 2 is 1.77 bits per heavy atom. The molecule has 1 aliphatic heterocycles. The minimum atomic E-state index is -0.961. The number of hydrogen-bond donors (Lipinski definition) is 2. The van der Waals surface area contributed by atoms with E-state index in [0.717, 1.165) is 50.8 Å². The van der Waals surface area contributed by atoms with Gasteiger partial charge in [-0.1, -0.05) is 49.6 Å². The Balaban J connectivity index is 1.59. The summed E-state index contributed by atoms with van der Waals surface area (Å²) in [6.45, 7) is 1.91. The van der Waals surface area contributed by atoms with E-state index in [0.29, 0.717) is 12.8 Å². The Hall–Kier alpha value is -2.08. The fraction of sp³-hybridized carbons (Fsp3) is 0.600. The van der Waals surface area contributed by atoms with Crippen LogP contribution in [0.1, 0.15) is 50.5 Å². The van der Waals surface area contributed by atoms with Gasteiger partial charge in [-0.15, -0.1) is 0 Å². The monoisotopic (exact) mass is 360 g/mol. The first-order valence-corrected chi connectivity index (χ1v) is 9.59. The number of carbonyl (C=O) groups is 2. The standard InChI is InChI=1S/C20H28N2O4/c23-18(25-15-16-7-3-1-4-8-16)20(11-5-2-6-12-20)22-19(24)26-17-9-13-21-14-10-17/h1,3-4,7-8,17,21H,2,5-6,9-15H2,(H,22,24). The summed E-state index contributed by atoms with van der Waals surface area (Å²) in [5, 5.41) is 6.10. The molecule has 26 heavy (non-hydrogen) atoms. The van der Waals surface area contributed by atoms with Crippen LogP contribution in [0, 0.1) is 0 Å². The van der Waals surface area contributed by atoms with Gasteiger partial charge in [0.05, 0.1) is 0 Å². The summed E-state index contributed by atoms with van der Waals surface area (Å²) in [5.74, 6) is -0.358. The molecule has 2 fully saturated rings. The molecule has 1 aliphatic carbocycles. The maximum Gasteiger partial charge on any atom is 0.408 e. The first-order valence-electron chi connectivity index (χ1n) is 9.59. The van der Waals surface area contributed by atoms with Crippen LogP contribution in [0.4, 0.5) is 4.79 Å². The van der Waals surface area contributed by atoms with E-state index in [1.165, 1.54) is 0 Å². The third-order valence-corrected chi connectivity index (χ3v) is 5.21. The number of benzene rings is 1. The number of ether oxygens (including phenoxy) is 2. The predicted octanol–water partition coefficient (Wildman–Crippen LogP) is 2.91. The predicted molar refractivity (Wildman–Crippen MR) is 97.6 cm³/mol. The second-order valence-corrected chi connectivity index (χ2v) is 7.18. The molecule has 0 aromatic heterocycles. The molecule has 2 N–H and O–H groups in total. The molecular weight excluding hydrogens is 332 g/mol. The van der Waals surface area contributed by atoms with Gasteiger partial charge in [0.1, 0.15) is 18.2 Å². The molecule has 0 unspecified atom stereocenters. The number of amides is 1. The Morgan fingerprint density at radius 3 is 2.46 bits per heavy atom. The molecule has 3 rings (SSSR count). The number of alkyl carbamates (subject to hydrolysis) is 1. The third kappa shape index (κ3) is 4.97. The van der Waals surface area contributed by atoms with Gasteiger partial charge in [0.2, 0.25) is 0 Å². The van der Waals surface area contributed by atoms with Crippen molar-refractivity contribution in [3.8, 4) is 0 Å². The summed E-state index contributed by atoms with van der Waals surface area (Å²) in [6.07, 6.45) is 5.08. The summed E-state index contributed by atoms with van der Waals surface area (Å²) < 4.78 is 11.1. The second kappa shape index (κ2) is 9.03. The fourth-order valence-corrected chi connectivity index (χ4v) is 3.69. The lowest BCUT2D eigenvalue weighted by atomic mass is 9.82. The molecule has 1 saturated heterocycles. The first kappa shape index (κ1) is 18.7. The summed E-state index contributed by atoms with van der Waals surface area (Å²) in [6, 6.07) is 9.58. The van der Waals surface area contributed by atoms with Crippen molar-refractivity contribution >= 4 is 12.1 Å². The lowest BCUT2D eigenvalue weighted by molar-refractivity contribution is -0.154. The van der Waals surface area contributed by atoms with E-state index >= 15 is 0 Å². The first-order chi connectivity index (χ1) is 12.7. The van der Waals surface area contributed by atoms with Gasteiger partial charge in [-0.3, -0.25) is 0 Å². The van der Waals surface area contributed by atoms with Crippen LogP contribution >= 0.6 is 0 Å². The minimum absolute atomic E-state index is 0.0859. The van der Waals surface area contributed by atoms with Gasteiger partial charge in [-0.25, -0.2) is 9.59 Å². The van der Waals surface area contributed by atoms with Gasteiger partial charge in [-0.05, 0) is 44.3 Å². The highest BCUT2D eigenvalue weighted by Gasteiger charge is 2.43. The highest BCUT2D eigenvalue weighted by Crippen LogP contribution is 2.30. The van der Waals surface area contributed by atoms with Crippen LogP contribution in [-0.4, -0.2) is 36.8 Å². The van der Waals surface area contributed by atoms with Gasteiger partial charge in [0.25, 0.3) is 0 Å². The van der Waals surface area contributed by atoms with Crippen molar-refractivity contribution in [2.45, 2.75) is 63.2 Å². The molecule has 1 saturated carbocycles. The van der Waals surface area contributed by atoms with Crippen molar-refractivity contribution in [1.82, 2.24) is 10.6 Å². The number of nitrogens with one attached hydrogen (secondary N) is 2. The van der Waals surface area contributed by atoms with E-state index in [1.807, 2.05) is 30.3 Å². The van der Waals surface area contributed by atoms with E-state index in [9.17, 15) is 9.59 Å². The van der Waals surface area contributed by atoms with Crippen LogP contribution in [0.2, 0.25) is 0 Å². The summed E-state index contributed by atoms with van der Waals surface area (Å²) in [4.78, 5) is 25.2. The van der Waals surface area contributed by atoms with Crippen molar-refractivity contribution in [1.29, 1.82) is 0 Å². The molecule has 0 spiro atoms. The van der Waals surface area contributed by atoms with Gasteiger partial charge in [-0.2, -0.15) is 0 Å². The van der Waals surface area contributed by atoms with E-state index in [2.05, 4.69) is 10.6 Å². The minimum Gasteiger partial charge on any atom is -0.459 e. The number of carbonyl (C=O) groups excluding carboxylic acids is 2. The van der Waals surface area contributed by atoms with Crippen molar-refractivity contribution in [2.24, 2.45) is 0 Å². The molecule has 1 aromatic rings. The number of hydrogen-bond acceptors (Lipinski definition) is 5. The van der Waals surface area contributed by atoms with Crippen molar-refractivity contribution in [3.63, 3.8) is 0 Å². The normalized spacial score (nSPS) is 20.2. The zero-order chi connectivity index (χ0) is 18.2. The van der Waals surface area contributed by atoms with Crippen LogP contribution in [0.15, 0.2) is 30.3 Å². The van der Waals surface area contributed by atoms with Gasteiger partial charge in [0, 0.05) is 0 Å². The van der Waals surface area contributed by atoms with Crippen LogP contribution < -0.4 is 10.6 Å². The van der Waals surface area contributed by atoms with Crippen LogP contribution in [0.3, 0.4) is 0 Å². The second-order valence-electron chi connectivity index (χ2n) is 7.18. The molecule has 6 nitrogen and oxygen atoms in total. The molecule has 1 amide bonds. The van der Waals surface area contributed by atoms with E-state index in [4.69, 9.17) is 9.47 Å². The van der Waals surface area contributed by atoms with Crippen LogP contribution in [0.5, 0.6) is 0 Å². The highest BCUT2D eigenvalue weighted by molar-refractivity contribution is 5.86. The summed E-state index contributed by atoms with van der Waals surface area (Å²) in [5.41, 5.74) is -0.0269. The lowest BCUT2D eigenvalue weighted by Gasteiger charge is -2.36. The van der Waals surface area contributed by atoms with E-state index in [1.54, 1.807) is 0 Å². The molecule has 1 heterocycles. The average molecular weight is 360 g/mol. The molecule has 142 valence electrons. The SMILES string of the molecule is O=C(NC1(C(=O)OCc2ccccc2)CCCCC1)OC1CCNCC1. The fourth-order valence-electron chi connectivity index (χ4n) is 3.69. The maximum atomic E-state index is 12.8. The highest BCUT2D eigenvalue weighted by atomic mass is 16.6. The molecule has 0 bridgehead atoms. The Morgan fingerprint density at radius 1 is 1.08 bits per heavy atom. The van der Waals surface area contributed by atoms with Crippen molar-refractivity contribution in [2.75, 3.05) is 13.1 Å². The van der Waals surface area contributed by atoms with Crippen molar-refractivity contribution in [3.05, 3.63) is 35.9 Å². The Kier molecular flexibility index (Phi) is 6.50. The zero-order valence-corrected chi connectivity index (χ0v) is 15.2. The van der Waals surface area contributed by atoms with E-state index in [-0.39, 0.29) is 18.7 Å². The lowest BCUT2D eigenvalue weighted by Crippen LogP contribution is -2.57. The maximum absolute atomic E-state index is 12.8. The summed E-state index contributed by atoms with van der Waals surface area (Å²) >= 11 is 0. The molecule has 2 aliphatic rings. The Bertz CT molecular complexity index is 593. The van der Waals surface area contributed by atoms with Crippen LogP contribution in [-0.2, 0) is 20.9 Å². The quantitative estimate of drug-likeness (QED) is 0.790. The zero-order valence-electron chi connectivity index (χ0n) is 15.2. The molecule has 1 aromatic carbocycles. The van der Waals surface area contributed by atoms with Gasteiger partial charge in [0.15, 0.2) is 0 Å². The van der Waals surface area contributed by atoms with Gasteiger partial charge >= 0.3 is 12.1 Å². The van der Waals surface area contributed by atoms with E-state index < -0.39 is 11.6 Å². The topological polar surface area (TPSA) is 76.7 Å². The number of rotatable bonds is 5. The molecular formula is C20H28N2O4. The number of piperidine rings is 1. The average Bonchev–Trinajstić information content (AvgIpc) is 2.68. The Labute approximate surface area is 154 Å². The smallest absolute Gasteiger partial charge is 0.408 e. The number of esters is 1. The molecule has 0 atom stereocenters. The van der Waals surface area contributed by atoms with Gasteiger partial charge < -0.3 is 20.1 Å². The van der Waals surface area contributed by atoms with Crippen LogP contribution in [0.25, 0.3) is 0 Å². The molecule has 6 heteroatoms. The third-order valence-electron chi connectivity index (χ3n) is 5.21. The largest absolute Gasteiger partial charge is 0.459 e.